The van der Waals surface area contributed by atoms with E-state index in [-0.39, 0.29) is 28.6 Å². The van der Waals surface area contributed by atoms with E-state index in [1.807, 2.05) is 13.8 Å². The predicted octanol–water partition coefficient (Wildman–Crippen LogP) is 1.87. The van der Waals surface area contributed by atoms with Gasteiger partial charge in [0.1, 0.15) is 0 Å². The van der Waals surface area contributed by atoms with Gasteiger partial charge in [-0.2, -0.15) is 4.72 Å². The molecule has 0 radical (unpaired) electrons. The molecule has 24 heavy (non-hydrogen) atoms. The first-order valence-electron chi connectivity index (χ1n) is 7.21. The van der Waals surface area contributed by atoms with Crippen molar-refractivity contribution in [3.63, 3.8) is 0 Å². The van der Waals surface area contributed by atoms with Crippen LogP contribution < -0.4 is 10.5 Å². The van der Waals surface area contributed by atoms with E-state index in [1.54, 1.807) is 7.05 Å². The Morgan fingerprint density at radius 2 is 1.83 bits per heavy atom. The summed E-state index contributed by atoms with van der Waals surface area (Å²) >= 11 is 5.75. The van der Waals surface area contributed by atoms with Crippen molar-refractivity contribution in [1.82, 2.24) is 9.62 Å². The molecule has 1 amide bonds. The van der Waals surface area contributed by atoms with Crippen molar-refractivity contribution < 1.29 is 13.2 Å². The Balaban J connectivity index is 0.00000529. The maximum absolute atomic E-state index is 12.3. The number of carbonyl (C=O) groups excluding carboxylic acids is 1. The van der Waals surface area contributed by atoms with Crippen molar-refractivity contribution in [2.24, 2.45) is 11.1 Å². The number of rotatable bonds is 7. The van der Waals surface area contributed by atoms with Crippen LogP contribution in [0.2, 0.25) is 5.02 Å². The van der Waals surface area contributed by atoms with Gasteiger partial charge in [0.25, 0.3) is 0 Å². The number of nitrogens with two attached hydrogens (primary N) is 1. The van der Waals surface area contributed by atoms with Gasteiger partial charge in [0.2, 0.25) is 15.9 Å². The Hall–Kier alpha value is -0.860. The highest BCUT2D eigenvalue weighted by Gasteiger charge is 2.27. The second-order valence-electron chi connectivity index (χ2n) is 6.36. The summed E-state index contributed by atoms with van der Waals surface area (Å²) in [6.45, 7) is 6.27. The summed E-state index contributed by atoms with van der Waals surface area (Å²) in [5.41, 5.74) is 5.42. The largest absolute Gasteiger partial charge is 0.344 e. The molecule has 1 rings (SSSR count). The highest BCUT2D eigenvalue weighted by molar-refractivity contribution is 7.89. The highest BCUT2D eigenvalue weighted by atomic mass is 35.5. The third-order valence-electron chi connectivity index (χ3n) is 3.42. The average molecular weight is 398 g/mol. The third-order valence-corrected chi connectivity index (χ3v) is 5.23. The van der Waals surface area contributed by atoms with Gasteiger partial charge >= 0.3 is 0 Å². The van der Waals surface area contributed by atoms with Crippen LogP contribution in [-0.4, -0.2) is 45.4 Å². The van der Waals surface area contributed by atoms with E-state index in [0.29, 0.717) is 18.1 Å². The fourth-order valence-corrected chi connectivity index (χ4v) is 3.40. The first-order valence-corrected chi connectivity index (χ1v) is 9.07. The topological polar surface area (TPSA) is 92.5 Å². The fraction of sp³-hybridized carbons (Fsp3) is 0.533. The van der Waals surface area contributed by atoms with Crippen molar-refractivity contribution in [3.05, 3.63) is 29.3 Å². The second-order valence-corrected chi connectivity index (χ2v) is 8.51. The molecule has 0 heterocycles. The number of amides is 1. The number of nitrogens with zero attached hydrogens (tertiary/aromatic N) is 1. The summed E-state index contributed by atoms with van der Waals surface area (Å²) < 4.78 is 26.9. The van der Waals surface area contributed by atoms with Crippen LogP contribution in [0.1, 0.15) is 20.8 Å². The van der Waals surface area contributed by atoms with Gasteiger partial charge in [0.05, 0.1) is 10.9 Å². The van der Waals surface area contributed by atoms with Crippen LogP contribution in [0.25, 0.3) is 0 Å². The van der Waals surface area contributed by atoms with Gasteiger partial charge in [0, 0.05) is 18.6 Å². The minimum absolute atomic E-state index is 0. The normalized spacial score (nSPS) is 13.1. The zero-order valence-electron chi connectivity index (χ0n) is 14.2. The number of nitrogens with one attached hydrogen (secondary N) is 1. The van der Waals surface area contributed by atoms with E-state index < -0.39 is 16.1 Å². The molecule has 0 aliphatic rings. The molecule has 1 aromatic rings. The minimum Gasteiger partial charge on any atom is -0.344 e. The van der Waals surface area contributed by atoms with E-state index in [2.05, 4.69) is 4.72 Å². The zero-order chi connectivity index (χ0) is 17.8. The Morgan fingerprint density at radius 1 is 1.33 bits per heavy atom. The van der Waals surface area contributed by atoms with Crippen molar-refractivity contribution in [2.75, 3.05) is 20.1 Å². The first kappa shape index (κ1) is 23.1. The van der Waals surface area contributed by atoms with E-state index in [1.165, 1.54) is 36.1 Å². The number of halogens is 2. The molecule has 0 fully saturated rings. The maximum Gasteiger partial charge on any atom is 0.241 e. The Bertz CT molecular complexity index is 648. The molecule has 0 aliphatic carbocycles. The van der Waals surface area contributed by atoms with Crippen LogP contribution in [0.5, 0.6) is 0 Å². The summed E-state index contributed by atoms with van der Waals surface area (Å²) in [5.74, 6) is -0.316. The molecule has 6 nitrogen and oxygen atoms in total. The molecular formula is C15H25Cl2N3O3S. The zero-order valence-corrected chi connectivity index (χ0v) is 16.6. The van der Waals surface area contributed by atoms with Crippen molar-refractivity contribution >= 4 is 39.9 Å². The quantitative estimate of drug-likeness (QED) is 0.734. The van der Waals surface area contributed by atoms with Gasteiger partial charge in [-0.1, -0.05) is 25.4 Å². The molecular weight excluding hydrogens is 373 g/mol. The number of carbonyl (C=O) groups is 1. The molecule has 138 valence electrons. The molecule has 0 aliphatic heterocycles. The van der Waals surface area contributed by atoms with E-state index >= 15 is 0 Å². The number of hydrogen-bond donors (Lipinski definition) is 2. The fourth-order valence-electron chi connectivity index (χ4n) is 2.08. The Labute approximate surface area is 155 Å². The van der Waals surface area contributed by atoms with Gasteiger partial charge in [-0.3, -0.25) is 4.79 Å². The van der Waals surface area contributed by atoms with E-state index in [9.17, 15) is 13.2 Å². The summed E-state index contributed by atoms with van der Waals surface area (Å²) in [5, 5.41) is 0.442. The highest BCUT2D eigenvalue weighted by Crippen LogP contribution is 2.16. The van der Waals surface area contributed by atoms with Gasteiger partial charge in [-0.15, -0.1) is 12.4 Å². The monoisotopic (exact) mass is 397 g/mol. The van der Waals surface area contributed by atoms with Crippen LogP contribution >= 0.6 is 24.0 Å². The smallest absolute Gasteiger partial charge is 0.241 e. The molecule has 0 aromatic heterocycles. The van der Waals surface area contributed by atoms with Crippen LogP contribution in [0.3, 0.4) is 0 Å². The number of sulfonamides is 1. The lowest BCUT2D eigenvalue weighted by Gasteiger charge is -2.30. The molecule has 0 saturated heterocycles. The van der Waals surface area contributed by atoms with Crippen LogP contribution in [-0.2, 0) is 14.8 Å². The summed E-state index contributed by atoms with van der Waals surface area (Å²) in [4.78, 5) is 13.9. The van der Waals surface area contributed by atoms with Gasteiger partial charge in [-0.05, 0) is 43.1 Å². The molecule has 0 spiro atoms. The average Bonchev–Trinajstić information content (AvgIpc) is 2.45. The second kappa shape index (κ2) is 9.01. The van der Waals surface area contributed by atoms with Crippen molar-refractivity contribution in [1.29, 1.82) is 0 Å². The Kier molecular flexibility index (Phi) is 8.69. The van der Waals surface area contributed by atoms with Crippen LogP contribution in [0.15, 0.2) is 29.2 Å². The lowest BCUT2D eigenvalue weighted by molar-refractivity contribution is -0.132. The standard InChI is InChI=1S/C15H24ClN3O3S.ClH/c1-11(14(20)19(4)10-15(2,3)9-17)18-23(21,22)13-7-5-12(16)6-8-13;/h5-8,11,18H,9-10,17H2,1-4H3;1H. The van der Waals surface area contributed by atoms with E-state index in [0.717, 1.165) is 0 Å². The van der Waals surface area contributed by atoms with Gasteiger partial charge < -0.3 is 10.6 Å². The third kappa shape index (κ3) is 6.57. The number of benzene rings is 1. The summed E-state index contributed by atoms with van der Waals surface area (Å²) in [6, 6.07) is 4.87. The number of likely N-dealkylation sites (N-methyl/N-ethyl adjacent to an activating group) is 1. The molecule has 1 unspecified atom stereocenters. The molecule has 0 saturated carbocycles. The summed E-state index contributed by atoms with van der Waals surface area (Å²) in [6.07, 6.45) is 0. The van der Waals surface area contributed by atoms with E-state index in [4.69, 9.17) is 17.3 Å². The predicted molar refractivity (Wildman–Crippen MR) is 99.0 cm³/mol. The SMILES string of the molecule is CC(NS(=O)(=O)c1ccc(Cl)cc1)C(=O)N(C)CC(C)(C)CN.Cl. The molecule has 0 bridgehead atoms. The first-order chi connectivity index (χ1) is 10.5. The molecule has 3 N–H and O–H groups in total. The minimum atomic E-state index is -3.78. The van der Waals surface area contributed by atoms with Crippen molar-refractivity contribution in [3.8, 4) is 0 Å². The summed E-state index contributed by atoms with van der Waals surface area (Å²) in [7, 11) is -2.15. The van der Waals surface area contributed by atoms with Crippen LogP contribution in [0.4, 0.5) is 0 Å². The van der Waals surface area contributed by atoms with Gasteiger partial charge in [0.15, 0.2) is 0 Å². The molecule has 1 atom stereocenters. The number of hydrogen-bond acceptors (Lipinski definition) is 4. The maximum atomic E-state index is 12.3. The van der Waals surface area contributed by atoms with Crippen LogP contribution in [0, 0.1) is 5.41 Å². The Morgan fingerprint density at radius 3 is 2.29 bits per heavy atom. The lowest BCUT2D eigenvalue weighted by Crippen LogP contribution is -2.48. The van der Waals surface area contributed by atoms with Crippen molar-refractivity contribution in [2.45, 2.75) is 31.7 Å². The molecule has 1 aromatic carbocycles. The van der Waals surface area contributed by atoms with Gasteiger partial charge in [-0.25, -0.2) is 8.42 Å². The lowest BCUT2D eigenvalue weighted by atomic mass is 9.93. The molecule has 9 heteroatoms.